The second-order valence-corrected chi connectivity index (χ2v) is 25.3. The van der Waals surface area contributed by atoms with Gasteiger partial charge in [-0.05, 0) is 109 Å². The molecule has 0 spiro atoms. The lowest BCUT2D eigenvalue weighted by Crippen LogP contribution is -2.78. The Morgan fingerprint density at radius 2 is 1.11 bits per heavy atom. The number of fused-ring (bicyclic) bond motifs is 5. The molecule has 4 heterocycles. The van der Waals surface area contributed by atoms with E-state index in [0.717, 1.165) is 5.57 Å². The summed E-state index contributed by atoms with van der Waals surface area (Å²) >= 11 is 0. The summed E-state index contributed by atoms with van der Waals surface area (Å²) < 4.78 is 87.5. The van der Waals surface area contributed by atoms with Crippen molar-refractivity contribution >= 4 is 11.9 Å². The number of rotatable bonds is 17. The lowest BCUT2D eigenvalue weighted by atomic mass is 9.42. The van der Waals surface area contributed by atoms with Gasteiger partial charge in [-0.25, -0.2) is 9.59 Å². The molecule has 26 atom stereocenters. The molecule has 10 rings (SSSR count). The van der Waals surface area contributed by atoms with Crippen LogP contribution in [0.5, 0.6) is 0 Å². The molecule has 2 aromatic rings. The van der Waals surface area contributed by atoms with Crippen LogP contribution in [0.15, 0.2) is 72.3 Å². The van der Waals surface area contributed by atoms with Gasteiger partial charge in [0.2, 0.25) is 0 Å². The second-order valence-electron chi connectivity index (χ2n) is 25.3. The summed E-state index contributed by atoms with van der Waals surface area (Å²) in [6, 6.07) is 17.0. The van der Waals surface area contributed by atoms with Gasteiger partial charge in [0.05, 0.1) is 65.4 Å². The highest BCUT2D eigenvalue weighted by molar-refractivity contribution is 5.90. The summed E-state index contributed by atoms with van der Waals surface area (Å²) in [7, 11) is 6.24. The summed E-state index contributed by atoms with van der Waals surface area (Å²) in [5.41, 5.74) is -6.42. The normalized spacial score (nSPS) is 46.2. The second kappa shape index (κ2) is 25.1. The largest absolute Gasteiger partial charge is 0.458 e. The minimum Gasteiger partial charge on any atom is -0.458 e. The van der Waals surface area contributed by atoms with Crippen molar-refractivity contribution in [2.75, 3.05) is 28.4 Å². The molecule has 21 nitrogen and oxygen atoms in total. The predicted octanol–water partition coefficient (Wildman–Crippen LogP) is 5.46. The molecule has 3 saturated carbocycles. The molecular weight excluding hydrogens is 1090 g/mol. The molecule has 468 valence electrons. The standard InChI is InChI=1S/C63H90O21/c1-33-50(64)55(74-11)51(65)58(78-33)84-54-36(4)77-49(31-44(54)73-10)83-53-35(3)76-48(30-43(53)72-9)82-52-34(2)75-47(29-42(52)71-8)80-41-23-24-59(6)40(28-41)22-25-62(69)45(59)32-46(81-57(67)39-20-16-13-17-21-39)60(7)61(68,26-27-63(60,62)70)37(5)79-56(66)38-18-14-12-15-19-38/h12-22,33-37,41-55,58,64-65,68-70H,23-32H2,1-11H3/t33-,34-,35-,36-,37?,41+,42+,43+,44-,45-,46?,47+,48+,49+,50-,51-,52-,53-,54-,55-,58+,59+,60-,61+,62+,63-/m1/s1. The number of esters is 2. The topological polar surface area (TPSA) is 265 Å². The van der Waals surface area contributed by atoms with Crippen LogP contribution in [0.1, 0.15) is 133 Å². The van der Waals surface area contributed by atoms with E-state index < -0.39 is 162 Å². The van der Waals surface area contributed by atoms with Gasteiger partial charge in [0.25, 0.3) is 0 Å². The Morgan fingerprint density at radius 1 is 0.595 bits per heavy atom. The van der Waals surface area contributed by atoms with Crippen LogP contribution in [0.3, 0.4) is 0 Å². The van der Waals surface area contributed by atoms with Gasteiger partial charge in [-0.1, -0.05) is 61.9 Å². The number of methoxy groups -OCH3 is 4. The molecule has 4 aliphatic heterocycles. The summed E-state index contributed by atoms with van der Waals surface area (Å²) in [5, 5.41) is 61.2. The number of benzene rings is 2. The molecule has 0 radical (unpaired) electrons. The SMILES string of the molecule is CO[C@H]1[C@@H](O)[C@H](O[C@@H]2[C@@H](C)O[C@@H](O[C@H]3[C@@H](OC)C[C@H](O[C@H]4[C@@H](OC)C[C@H](O[C@H]5CC[C@@]6(C)C(=CC[C@]7(O)[C@@H]6CC(OC(=O)c6ccccc6)[C@@]6(C)[C@]7(O)CC[C@]6(O)C(C)OC(=O)c6ccccc6)C5)O[C@@H]4C)O[C@@H]3C)C[C@H]2OC)O[C@H](C)[C@H]1O. The average molecular weight is 1180 g/mol. The van der Waals surface area contributed by atoms with Gasteiger partial charge in [-0.15, -0.1) is 0 Å². The fourth-order valence-corrected chi connectivity index (χ4v) is 15.9. The Morgan fingerprint density at radius 3 is 1.63 bits per heavy atom. The Labute approximate surface area is 492 Å². The van der Waals surface area contributed by atoms with E-state index >= 15 is 0 Å². The van der Waals surface area contributed by atoms with Gasteiger partial charge in [0.1, 0.15) is 65.6 Å². The van der Waals surface area contributed by atoms with Gasteiger partial charge in [-0.2, -0.15) is 0 Å². The number of hydrogen-bond donors (Lipinski definition) is 5. The first-order chi connectivity index (χ1) is 40.0. The first-order valence-electron chi connectivity index (χ1n) is 30.1. The van der Waals surface area contributed by atoms with Gasteiger partial charge < -0.3 is 91.8 Å². The summed E-state index contributed by atoms with van der Waals surface area (Å²) in [5.74, 6) is -1.89. The zero-order chi connectivity index (χ0) is 60.3. The van der Waals surface area contributed by atoms with Gasteiger partial charge >= 0.3 is 11.9 Å². The van der Waals surface area contributed by atoms with Crippen LogP contribution in [0.4, 0.5) is 0 Å². The fourth-order valence-electron chi connectivity index (χ4n) is 15.9. The third kappa shape index (κ3) is 11.3. The minimum atomic E-state index is -2.00. The maximum absolute atomic E-state index is 14.1. The van der Waals surface area contributed by atoms with Gasteiger partial charge in [0.15, 0.2) is 25.2 Å². The van der Waals surface area contributed by atoms with Crippen molar-refractivity contribution in [2.45, 2.75) is 252 Å². The molecule has 4 aliphatic carbocycles. The molecule has 0 aromatic heterocycles. The van der Waals surface area contributed by atoms with Crippen LogP contribution in [0.25, 0.3) is 0 Å². The van der Waals surface area contributed by atoms with Crippen molar-refractivity contribution < 1.29 is 101 Å². The average Bonchev–Trinajstić information content (AvgIpc) is 1.35. The quantitative estimate of drug-likeness (QED) is 0.0972. The maximum atomic E-state index is 14.1. The number of carbonyl (C=O) groups excluding carboxylic acids is 2. The van der Waals surface area contributed by atoms with Crippen molar-refractivity contribution in [2.24, 2.45) is 16.7 Å². The fraction of sp³-hybridized carbons (Fsp3) is 0.746. The maximum Gasteiger partial charge on any atom is 0.338 e. The molecule has 2 aromatic carbocycles. The highest BCUT2D eigenvalue weighted by Gasteiger charge is 2.81. The molecule has 21 heteroatoms. The third-order valence-corrected chi connectivity index (χ3v) is 20.9. The zero-order valence-electron chi connectivity index (χ0n) is 50.3. The number of aliphatic hydroxyl groups excluding tert-OH is 2. The smallest absolute Gasteiger partial charge is 0.338 e. The van der Waals surface area contributed by atoms with Crippen molar-refractivity contribution in [3.05, 3.63) is 83.4 Å². The van der Waals surface area contributed by atoms with Crippen LogP contribution in [-0.2, 0) is 66.3 Å². The van der Waals surface area contributed by atoms with E-state index in [2.05, 4.69) is 6.92 Å². The molecule has 2 unspecified atom stereocenters. The van der Waals surface area contributed by atoms with E-state index in [4.69, 9.17) is 66.3 Å². The monoisotopic (exact) mass is 1180 g/mol. The number of carbonyl (C=O) groups is 2. The molecule has 7 fully saturated rings. The predicted molar refractivity (Wildman–Crippen MR) is 298 cm³/mol. The van der Waals surface area contributed by atoms with Crippen LogP contribution in [0.2, 0.25) is 0 Å². The Bertz CT molecular complexity index is 2600. The van der Waals surface area contributed by atoms with E-state index in [9.17, 15) is 35.1 Å². The summed E-state index contributed by atoms with van der Waals surface area (Å²) in [6.45, 7) is 12.7. The van der Waals surface area contributed by atoms with Crippen molar-refractivity contribution in [3.8, 4) is 0 Å². The Kier molecular flexibility index (Phi) is 19.0. The lowest BCUT2D eigenvalue weighted by Gasteiger charge is -2.67. The van der Waals surface area contributed by atoms with Crippen LogP contribution in [0, 0.1) is 16.7 Å². The Balaban J connectivity index is 0.773. The highest BCUT2D eigenvalue weighted by Crippen LogP contribution is 2.71. The molecule has 5 N–H and O–H groups in total. The number of hydrogen-bond acceptors (Lipinski definition) is 21. The molecular formula is C63H90O21. The molecule has 4 saturated heterocycles. The first-order valence-corrected chi connectivity index (χ1v) is 30.1. The van der Waals surface area contributed by atoms with Crippen LogP contribution in [-0.4, -0.2) is 206 Å². The molecule has 0 amide bonds. The van der Waals surface area contributed by atoms with E-state index in [0.29, 0.717) is 49.7 Å². The molecule has 8 aliphatic rings. The summed E-state index contributed by atoms with van der Waals surface area (Å²) in [6.07, 6.45) is -9.36. The zero-order valence-corrected chi connectivity index (χ0v) is 50.3. The molecule has 84 heavy (non-hydrogen) atoms. The van der Waals surface area contributed by atoms with E-state index in [1.165, 1.54) is 7.11 Å². The lowest BCUT2D eigenvalue weighted by molar-refractivity contribution is -0.356. The van der Waals surface area contributed by atoms with E-state index in [1.807, 2.05) is 26.8 Å². The first kappa shape index (κ1) is 63.5. The molecule has 0 bridgehead atoms. The van der Waals surface area contributed by atoms with Crippen LogP contribution >= 0.6 is 0 Å². The highest BCUT2D eigenvalue weighted by atomic mass is 16.8. The van der Waals surface area contributed by atoms with Crippen molar-refractivity contribution in [3.63, 3.8) is 0 Å². The number of ether oxygens (including phenoxy) is 14. The Hall–Kier alpha value is -3.56. The van der Waals surface area contributed by atoms with E-state index in [1.54, 1.807) is 103 Å². The number of aliphatic hydroxyl groups is 5. The van der Waals surface area contributed by atoms with Gasteiger partial charge in [-0.3, -0.25) is 0 Å². The third-order valence-electron chi connectivity index (χ3n) is 20.9. The van der Waals surface area contributed by atoms with Crippen molar-refractivity contribution in [1.82, 2.24) is 0 Å². The van der Waals surface area contributed by atoms with Gasteiger partial charge in [0, 0.05) is 53.6 Å². The van der Waals surface area contributed by atoms with Crippen molar-refractivity contribution in [1.29, 1.82) is 0 Å². The minimum absolute atomic E-state index is 0.0361. The van der Waals surface area contributed by atoms with Crippen LogP contribution < -0.4 is 0 Å². The van der Waals surface area contributed by atoms with E-state index in [-0.39, 0.29) is 31.8 Å². The summed E-state index contributed by atoms with van der Waals surface area (Å²) in [4.78, 5) is 27.6.